The Labute approximate surface area is 104 Å². The van der Waals surface area contributed by atoms with Gasteiger partial charge in [0.2, 0.25) is 0 Å². The molecule has 2 rings (SSSR count). The molecule has 1 aliphatic rings. The molecule has 0 aliphatic heterocycles. The van der Waals surface area contributed by atoms with E-state index in [1.807, 2.05) is 12.1 Å². The highest BCUT2D eigenvalue weighted by molar-refractivity contribution is 5.33. The van der Waals surface area contributed by atoms with Crippen molar-refractivity contribution < 1.29 is 4.74 Å². The summed E-state index contributed by atoms with van der Waals surface area (Å²) < 4.78 is 5.78. The maximum absolute atomic E-state index is 5.78. The van der Waals surface area contributed by atoms with Crippen LogP contribution in [-0.2, 0) is 6.54 Å². The van der Waals surface area contributed by atoms with Gasteiger partial charge in [-0.1, -0.05) is 23.8 Å². The van der Waals surface area contributed by atoms with E-state index < -0.39 is 0 Å². The van der Waals surface area contributed by atoms with Crippen molar-refractivity contribution in [2.24, 2.45) is 0 Å². The Morgan fingerprint density at radius 1 is 1.35 bits per heavy atom. The van der Waals surface area contributed by atoms with E-state index in [0.29, 0.717) is 6.61 Å². The van der Waals surface area contributed by atoms with E-state index in [2.05, 4.69) is 37.4 Å². The van der Waals surface area contributed by atoms with Crippen LogP contribution in [0.1, 0.15) is 32.3 Å². The Morgan fingerprint density at radius 2 is 2.12 bits per heavy atom. The van der Waals surface area contributed by atoms with Gasteiger partial charge >= 0.3 is 0 Å². The SMILES string of the molecule is CC(C)=CCOc1ccccc1CNC1CC1. The summed E-state index contributed by atoms with van der Waals surface area (Å²) in [6.45, 7) is 5.74. The normalized spacial score (nSPS) is 14.5. The molecule has 0 heterocycles. The third-order valence-electron chi connectivity index (χ3n) is 2.86. The predicted octanol–water partition coefficient (Wildman–Crippen LogP) is 3.28. The molecule has 2 heteroatoms. The second kappa shape index (κ2) is 5.87. The van der Waals surface area contributed by atoms with Crippen LogP contribution in [-0.4, -0.2) is 12.6 Å². The third-order valence-corrected chi connectivity index (χ3v) is 2.86. The summed E-state index contributed by atoms with van der Waals surface area (Å²) >= 11 is 0. The lowest BCUT2D eigenvalue weighted by Gasteiger charge is -2.10. The Balaban J connectivity index is 1.91. The molecule has 17 heavy (non-hydrogen) atoms. The predicted molar refractivity (Wildman–Crippen MR) is 71.2 cm³/mol. The molecule has 0 atom stereocenters. The molecule has 0 radical (unpaired) electrons. The number of rotatable bonds is 6. The lowest BCUT2D eigenvalue weighted by atomic mass is 10.2. The van der Waals surface area contributed by atoms with Crippen LogP contribution in [0.15, 0.2) is 35.9 Å². The van der Waals surface area contributed by atoms with Gasteiger partial charge in [0.05, 0.1) is 0 Å². The Kier molecular flexibility index (Phi) is 4.21. The van der Waals surface area contributed by atoms with Crippen molar-refractivity contribution in [3.63, 3.8) is 0 Å². The Hall–Kier alpha value is -1.28. The van der Waals surface area contributed by atoms with Gasteiger partial charge in [-0.25, -0.2) is 0 Å². The van der Waals surface area contributed by atoms with Crippen LogP contribution < -0.4 is 10.1 Å². The van der Waals surface area contributed by atoms with E-state index in [1.165, 1.54) is 24.0 Å². The highest BCUT2D eigenvalue weighted by Gasteiger charge is 2.20. The molecule has 0 saturated heterocycles. The van der Waals surface area contributed by atoms with Gasteiger partial charge in [0.15, 0.2) is 0 Å². The molecule has 0 bridgehead atoms. The van der Waals surface area contributed by atoms with E-state index >= 15 is 0 Å². The van der Waals surface area contributed by atoms with Crippen molar-refractivity contribution in [1.82, 2.24) is 5.32 Å². The molecular formula is C15H21NO. The topological polar surface area (TPSA) is 21.3 Å². The van der Waals surface area contributed by atoms with Crippen molar-refractivity contribution in [3.05, 3.63) is 41.5 Å². The number of hydrogen-bond donors (Lipinski definition) is 1. The fraction of sp³-hybridized carbons (Fsp3) is 0.467. The number of para-hydroxylation sites is 1. The number of nitrogens with one attached hydrogen (secondary N) is 1. The first-order valence-corrected chi connectivity index (χ1v) is 6.33. The van der Waals surface area contributed by atoms with Crippen LogP contribution in [0, 0.1) is 0 Å². The standard InChI is InChI=1S/C15H21NO/c1-12(2)9-10-17-15-6-4-3-5-13(15)11-16-14-7-8-14/h3-6,9,14,16H,7-8,10-11H2,1-2H3. The van der Waals surface area contributed by atoms with Crippen LogP contribution in [0.2, 0.25) is 0 Å². The van der Waals surface area contributed by atoms with Crippen LogP contribution in [0.5, 0.6) is 5.75 Å². The van der Waals surface area contributed by atoms with Gasteiger partial charge in [0.25, 0.3) is 0 Å². The second-order valence-corrected chi connectivity index (χ2v) is 4.86. The molecule has 92 valence electrons. The van der Waals surface area contributed by atoms with Gasteiger partial charge in [-0.15, -0.1) is 0 Å². The summed E-state index contributed by atoms with van der Waals surface area (Å²) in [5.74, 6) is 0.998. The molecule has 0 amide bonds. The zero-order valence-electron chi connectivity index (χ0n) is 10.7. The summed E-state index contributed by atoms with van der Waals surface area (Å²) in [7, 11) is 0. The van der Waals surface area contributed by atoms with E-state index in [0.717, 1.165) is 18.3 Å². The Bertz CT molecular complexity index is 390. The lowest BCUT2D eigenvalue weighted by Crippen LogP contribution is -2.16. The van der Waals surface area contributed by atoms with E-state index in [4.69, 9.17) is 4.74 Å². The fourth-order valence-electron chi connectivity index (χ4n) is 1.63. The van der Waals surface area contributed by atoms with Gasteiger partial charge in [-0.3, -0.25) is 0 Å². The first-order chi connectivity index (χ1) is 8.25. The molecule has 1 saturated carbocycles. The van der Waals surface area contributed by atoms with E-state index in [9.17, 15) is 0 Å². The van der Waals surface area contributed by atoms with Gasteiger partial charge in [0.1, 0.15) is 12.4 Å². The van der Waals surface area contributed by atoms with E-state index in [1.54, 1.807) is 0 Å². The summed E-state index contributed by atoms with van der Waals surface area (Å²) in [5, 5.41) is 3.52. The third kappa shape index (κ3) is 4.23. The average molecular weight is 231 g/mol. The minimum Gasteiger partial charge on any atom is -0.489 e. The largest absolute Gasteiger partial charge is 0.489 e. The van der Waals surface area contributed by atoms with Crippen molar-refractivity contribution in [2.45, 2.75) is 39.3 Å². The first kappa shape index (κ1) is 12.2. The summed E-state index contributed by atoms with van der Waals surface area (Å²) in [6, 6.07) is 9.01. The molecule has 2 nitrogen and oxygen atoms in total. The van der Waals surface area contributed by atoms with Gasteiger partial charge in [-0.2, -0.15) is 0 Å². The van der Waals surface area contributed by atoms with Crippen molar-refractivity contribution >= 4 is 0 Å². The quantitative estimate of drug-likeness (QED) is 0.759. The van der Waals surface area contributed by atoms with Crippen molar-refractivity contribution in [3.8, 4) is 5.75 Å². The first-order valence-electron chi connectivity index (χ1n) is 6.33. The summed E-state index contributed by atoms with van der Waals surface area (Å²) in [4.78, 5) is 0. The van der Waals surface area contributed by atoms with Crippen molar-refractivity contribution in [2.75, 3.05) is 6.61 Å². The van der Waals surface area contributed by atoms with Gasteiger partial charge < -0.3 is 10.1 Å². The molecule has 1 fully saturated rings. The lowest BCUT2D eigenvalue weighted by molar-refractivity contribution is 0.356. The fourth-order valence-corrected chi connectivity index (χ4v) is 1.63. The molecule has 1 N–H and O–H groups in total. The molecule has 0 spiro atoms. The second-order valence-electron chi connectivity index (χ2n) is 4.86. The van der Waals surface area contributed by atoms with Crippen LogP contribution in [0.25, 0.3) is 0 Å². The molecular weight excluding hydrogens is 210 g/mol. The smallest absolute Gasteiger partial charge is 0.124 e. The minimum atomic E-state index is 0.656. The average Bonchev–Trinajstić information content (AvgIpc) is 3.11. The Morgan fingerprint density at radius 3 is 2.82 bits per heavy atom. The van der Waals surface area contributed by atoms with Crippen molar-refractivity contribution in [1.29, 1.82) is 0 Å². The molecule has 1 aromatic carbocycles. The highest BCUT2D eigenvalue weighted by atomic mass is 16.5. The number of hydrogen-bond acceptors (Lipinski definition) is 2. The van der Waals surface area contributed by atoms with Crippen LogP contribution in [0.4, 0.5) is 0 Å². The summed E-state index contributed by atoms with van der Waals surface area (Å²) in [6.07, 6.45) is 4.74. The molecule has 0 aromatic heterocycles. The zero-order chi connectivity index (χ0) is 12.1. The number of benzene rings is 1. The minimum absolute atomic E-state index is 0.656. The van der Waals surface area contributed by atoms with E-state index in [-0.39, 0.29) is 0 Å². The number of ether oxygens (including phenoxy) is 1. The maximum Gasteiger partial charge on any atom is 0.124 e. The summed E-state index contributed by atoms with van der Waals surface area (Å²) in [5.41, 5.74) is 2.54. The highest BCUT2D eigenvalue weighted by Crippen LogP contribution is 2.22. The van der Waals surface area contributed by atoms with Gasteiger partial charge in [-0.05, 0) is 38.8 Å². The van der Waals surface area contributed by atoms with Crippen LogP contribution in [0.3, 0.4) is 0 Å². The van der Waals surface area contributed by atoms with Crippen LogP contribution >= 0.6 is 0 Å². The van der Waals surface area contributed by atoms with Gasteiger partial charge in [0, 0.05) is 18.2 Å². The zero-order valence-corrected chi connectivity index (χ0v) is 10.7. The molecule has 0 unspecified atom stereocenters. The molecule has 1 aliphatic carbocycles. The number of allylic oxidation sites excluding steroid dienone is 1. The monoisotopic (exact) mass is 231 g/mol. The maximum atomic E-state index is 5.78. The molecule has 1 aromatic rings.